The summed E-state index contributed by atoms with van der Waals surface area (Å²) in [4.78, 5) is 0. The van der Waals surface area contributed by atoms with E-state index in [-0.39, 0.29) is 6.10 Å². The van der Waals surface area contributed by atoms with E-state index in [1.807, 2.05) is 24.3 Å². The second-order valence-corrected chi connectivity index (χ2v) is 5.64. The van der Waals surface area contributed by atoms with Crippen LogP contribution in [0.4, 0.5) is 0 Å². The van der Waals surface area contributed by atoms with Crippen LogP contribution in [0.2, 0.25) is 0 Å². The fourth-order valence-corrected chi connectivity index (χ4v) is 2.57. The number of ether oxygens (including phenoxy) is 2. The smallest absolute Gasteiger partial charge is 0.120 e. The summed E-state index contributed by atoms with van der Waals surface area (Å²) in [5, 5.41) is 3.59. The van der Waals surface area contributed by atoms with E-state index in [2.05, 4.69) is 19.2 Å². The molecule has 1 N–H and O–H groups in total. The van der Waals surface area contributed by atoms with Gasteiger partial charge in [0.15, 0.2) is 0 Å². The molecule has 3 heteroatoms. The van der Waals surface area contributed by atoms with Gasteiger partial charge in [-0.05, 0) is 50.5 Å². The van der Waals surface area contributed by atoms with Crippen LogP contribution in [0.25, 0.3) is 0 Å². The molecule has 0 heterocycles. The molecule has 1 fully saturated rings. The van der Waals surface area contributed by atoms with Gasteiger partial charge in [-0.25, -0.2) is 0 Å². The summed E-state index contributed by atoms with van der Waals surface area (Å²) in [5.74, 6) is 1.82. The van der Waals surface area contributed by atoms with Crippen molar-refractivity contribution >= 4 is 0 Å². The van der Waals surface area contributed by atoms with Crippen LogP contribution in [0.5, 0.6) is 11.5 Å². The first-order valence-electron chi connectivity index (χ1n) is 7.91. The van der Waals surface area contributed by atoms with Gasteiger partial charge in [-0.3, -0.25) is 0 Å². The summed E-state index contributed by atoms with van der Waals surface area (Å²) in [6.45, 7) is 5.90. The normalized spacial score (nSPS) is 17.1. The van der Waals surface area contributed by atoms with Gasteiger partial charge in [0, 0.05) is 12.6 Å². The summed E-state index contributed by atoms with van der Waals surface area (Å²) in [7, 11) is 0. The SMILES string of the molecule is CCCOc1ccc(OC(C)CNC2CCCC2)cc1. The number of benzene rings is 1. The second kappa shape index (κ2) is 8.15. The van der Waals surface area contributed by atoms with E-state index in [0.29, 0.717) is 6.04 Å². The van der Waals surface area contributed by atoms with Crippen molar-refractivity contribution in [2.75, 3.05) is 13.2 Å². The van der Waals surface area contributed by atoms with E-state index >= 15 is 0 Å². The molecule has 1 aliphatic carbocycles. The predicted molar refractivity (Wildman–Crippen MR) is 82.6 cm³/mol. The van der Waals surface area contributed by atoms with Gasteiger partial charge in [0.05, 0.1) is 6.61 Å². The van der Waals surface area contributed by atoms with E-state index in [9.17, 15) is 0 Å². The summed E-state index contributed by atoms with van der Waals surface area (Å²) in [6.07, 6.45) is 6.59. The Hall–Kier alpha value is -1.22. The summed E-state index contributed by atoms with van der Waals surface area (Å²) < 4.78 is 11.5. The van der Waals surface area contributed by atoms with Crippen LogP contribution in [-0.4, -0.2) is 25.3 Å². The zero-order valence-corrected chi connectivity index (χ0v) is 12.7. The molecule has 1 aliphatic rings. The van der Waals surface area contributed by atoms with Crippen LogP contribution >= 0.6 is 0 Å². The molecule has 1 saturated carbocycles. The summed E-state index contributed by atoms with van der Waals surface area (Å²) in [5.41, 5.74) is 0. The van der Waals surface area contributed by atoms with Crippen molar-refractivity contribution in [3.63, 3.8) is 0 Å². The fraction of sp³-hybridized carbons (Fsp3) is 0.647. The fourth-order valence-electron chi connectivity index (χ4n) is 2.57. The topological polar surface area (TPSA) is 30.5 Å². The van der Waals surface area contributed by atoms with Crippen LogP contribution in [-0.2, 0) is 0 Å². The second-order valence-electron chi connectivity index (χ2n) is 5.64. The first kappa shape index (κ1) is 15.2. The Morgan fingerprint density at radius 3 is 2.45 bits per heavy atom. The van der Waals surface area contributed by atoms with Crippen molar-refractivity contribution in [3.05, 3.63) is 24.3 Å². The highest BCUT2D eigenvalue weighted by Gasteiger charge is 2.15. The van der Waals surface area contributed by atoms with Crippen LogP contribution in [0, 0.1) is 0 Å². The molecule has 0 aromatic heterocycles. The molecular formula is C17H27NO2. The van der Waals surface area contributed by atoms with Gasteiger partial charge in [-0.15, -0.1) is 0 Å². The standard InChI is InChI=1S/C17H27NO2/c1-3-12-19-16-8-10-17(11-9-16)20-14(2)13-18-15-6-4-5-7-15/h8-11,14-15,18H,3-7,12-13H2,1-2H3. The monoisotopic (exact) mass is 277 g/mol. The largest absolute Gasteiger partial charge is 0.494 e. The van der Waals surface area contributed by atoms with Crippen molar-refractivity contribution in [3.8, 4) is 11.5 Å². The highest BCUT2D eigenvalue weighted by atomic mass is 16.5. The van der Waals surface area contributed by atoms with Crippen molar-refractivity contribution in [2.45, 2.75) is 58.1 Å². The minimum atomic E-state index is 0.193. The molecule has 1 unspecified atom stereocenters. The van der Waals surface area contributed by atoms with E-state index in [4.69, 9.17) is 9.47 Å². The molecule has 0 bridgehead atoms. The number of hydrogen-bond acceptors (Lipinski definition) is 3. The average molecular weight is 277 g/mol. The third-order valence-corrected chi connectivity index (χ3v) is 3.68. The Morgan fingerprint density at radius 1 is 1.15 bits per heavy atom. The molecule has 1 aromatic rings. The molecule has 0 amide bonds. The van der Waals surface area contributed by atoms with Crippen LogP contribution < -0.4 is 14.8 Å². The quantitative estimate of drug-likeness (QED) is 0.784. The molecular weight excluding hydrogens is 250 g/mol. The Morgan fingerprint density at radius 2 is 1.80 bits per heavy atom. The van der Waals surface area contributed by atoms with Gasteiger partial charge < -0.3 is 14.8 Å². The molecule has 2 rings (SSSR count). The first-order valence-corrected chi connectivity index (χ1v) is 7.91. The Labute approximate surface area is 122 Å². The van der Waals surface area contributed by atoms with Crippen molar-refractivity contribution in [1.29, 1.82) is 0 Å². The molecule has 0 radical (unpaired) electrons. The van der Waals surface area contributed by atoms with Gasteiger partial charge in [0.25, 0.3) is 0 Å². The lowest BCUT2D eigenvalue weighted by Crippen LogP contribution is -2.35. The van der Waals surface area contributed by atoms with Crippen molar-refractivity contribution in [2.24, 2.45) is 0 Å². The van der Waals surface area contributed by atoms with E-state index in [0.717, 1.165) is 31.1 Å². The zero-order chi connectivity index (χ0) is 14.2. The van der Waals surface area contributed by atoms with Crippen LogP contribution in [0.15, 0.2) is 24.3 Å². The maximum absolute atomic E-state index is 5.92. The lowest BCUT2D eigenvalue weighted by Gasteiger charge is -2.18. The Bertz CT molecular complexity index is 371. The summed E-state index contributed by atoms with van der Waals surface area (Å²) >= 11 is 0. The minimum absolute atomic E-state index is 0.193. The molecule has 20 heavy (non-hydrogen) atoms. The van der Waals surface area contributed by atoms with Gasteiger partial charge >= 0.3 is 0 Å². The maximum atomic E-state index is 5.92. The Balaban J connectivity index is 1.71. The number of rotatable bonds is 8. The maximum Gasteiger partial charge on any atom is 0.120 e. The van der Waals surface area contributed by atoms with Gasteiger partial charge in [0.1, 0.15) is 17.6 Å². The van der Waals surface area contributed by atoms with Gasteiger partial charge in [0.2, 0.25) is 0 Å². The third kappa shape index (κ3) is 5.04. The van der Waals surface area contributed by atoms with Crippen molar-refractivity contribution in [1.82, 2.24) is 5.32 Å². The zero-order valence-electron chi connectivity index (χ0n) is 12.7. The summed E-state index contributed by atoms with van der Waals surface area (Å²) in [6, 6.07) is 8.61. The molecule has 0 saturated heterocycles. The highest BCUT2D eigenvalue weighted by molar-refractivity contribution is 5.31. The van der Waals surface area contributed by atoms with Crippen molar-refractivity contribution < 1.29 is 9.47 Å². The molecule has 1 atom stereocenters. The number of hydrogen-bond donors (Lipinski definition) is 1. The molecule has 0 spiro atoms. The van der Waals surface area contributed by atoms with E-state index in [1.165, 1.54) is 25.7 Å². The Kier molecular flexibility index (Phi) is 6.19. The van der Waals surface area contributed by atoms with E-state index < -0.39 is 0 Å². The van der Waals surface area contributed by atoms with Crippen LogP contribution in [0.1, 0.15) is 46.0 Å². The van der Waals surface area contributed by atoms with Gasteiger partial charge in [-0.2, -0.15) is 0 Å². The van der Waals surface area contributed by atoms with E-state index in [1.54, 1.807) is 0 Å². The first-order chi connectivity index (χ1) is 9.78. The lowest BCUT2D eigenvalue weighted by molar-refractivity contribution is 0.211. The van der Waals surface area contributed by atoms with Gasteiger partial charge in [-0.1, -0.05) is 19.8 Å². The molecule has 0 aliphatic heterocycles. The third-order valence-electron chi connectivity index (χ3n) is 3.68. The molecule has 1 aromatic carbocycles. The minimum Gasteiger partial charge on any atom is -0.494 e. The molecule has 3 nitrogen and oxygen atoms in total. The lowest BCUT2D eigenvalue weighted by atomic mass is 10.2. The predicted octanol–water partition coefficient (Wildman–Crippen LogP) is 3.77. The highest BCUT2D eigenvalue weighted by Crippen LogP contribution is 2.20. The molecule has 112 valence electrons. The average Bonchev–Trinajstić information content (AvgIpc) is 2.98. The number of nitrogens with one attached hydrogen (secondary N) is 1. The van der Waals surface area contributed by atoms with Crippen LogP contribution in [0.3, 0.4) is 0 Å².